The van der Waals surface area contributed by atoms with Gasteiger partial charge in [-0.25, -0.2) is 8.42 Å². The van der Waals surface area contributed by atoms with Crippen LogP contribution >= 0.6 is 38.9 Å². The quantitative estimate of drug-likeness (QED) is 0.686. The summed E-state index contributed by atoms with van der Waals surface area (Å²) in [5, 5.41) is 0. The van der Waals surface area contributed by atoms with Crippen LogP contribution in [-0.2, 0) is 15.9 Å². The predicted octanol–water partition coefficient (Wildman–Crippen LogP) is 3.96. The third kappa shape index (κ3) is 3.68. The number of hydrogen-bond donors (Lipinski definition) is 0. The van der Waals surface area contributed by atoms with Crippen LogP contribution in [0.2, 0.25) is 0 Å². The van der Waals surface area contributed by atoms with E-state index >= 15 is 0 Å². The molecule has 0 aromatic carbocycles. The van der Waals surface area contributed by atoms with Crippen molar-refractivity contribution in [3.05, 3.63) is 14.7 Å². The summed E-state index contributed by atoms with van der Waals surface area (Å²) in [6.07, 6.45) is -3.65. The lowest BCUT2D eigenvalue weighted by Crippen LogP contribution is -2.40. The van der Waals surface area contributed by atoms with Gasteiger partial charge < -0.3 is 0 Å². The Kier molecular flexibility index (Phi) is 4.76. The molecular weight excluding hydrogens is 403 g/mol. The van der Waals surface area contributed by atoms with E-state index < -0.39 is 28.8 Å². The second-order valence-electron chi connectivity index (χ2n) is 4.38. The fraction of sp³-hybridized carbons (Fsp3) is 0.600. The van der Waals surface area contributed by atoms with Gasteiger partial charge in [-0.05, 0) is 34.8 Å². The summed E-state index contributed by atoms with van der Waals surface area (Å²) in [5.74, 6) is 0.113. The SMILES string of the molecule is O=S(=O)(c1cc(CCl)sc1Br)N(CC(F)(F)F)C1CC1. The van der Waals surface area contributed by atoms with Crippen molar-refractivity contribution in [2.75, 3.05) is 6.54 Å². The summed E-state index contributed by atoms with van der Waals surface area (Å²) < 4.78 is 63.3. The second kappa shape index (κ2) is 5.75. The zero-order valence-electron chi connectivity index (χ0n) is 9.95. The molecule has 20 heavy (non-hydrogen) atoms. The predicted molar refractivity (Wildman–Crippen MR) is 74.5 cm³/mol. The van der Waals surface area contributed by atoms with E-state index in [1.165, 1.54) is 6.07 Å². The highest BCUT2D eigenvalue weighted by Crippen LogP contribution is 2.39. The van der Waals surface area contributed by atoms with Crippen LogP contribution in [0.5, 0.6) is 0 Å². The standard InChI is InChI=1S/C10H10BrClF3NO2S2/c11-9-8(3-7(4-12)19-9)20(17,18)16(6-1-2-6)5-10(13,14)15/h3,6H,1-2,4-5H2. The highest BCUT2D eigenvalue weighted by atomic mass is 79.9. The third-order valence-corrected chi connectivity index (χ3v) is 7.31. The zero-order valence-corrected chi connectivity index (χ0v) is 13.9. The summed E-state index contributed by atoms with van der Waals surface area (Å²) in [7, 11) is -4.17. The molecular formula is C10H10BrClF3NO2S2. The van der Waals surface area contributed by atoms with Gasteiger partial charge in [0.1, 0.15) is 11.4 Å². The van der Waals surface area contributed by atoms with Crippen molar-refractivity contribution >= 4 is 48.9 Å². The van der Waals surface area contributed by atoms with Crippen LogP contribution in [0.15, 0.2) is 14.7 Å². The van der Waals surface area contributed by atoms with E-state index in [2.05, 4.69) is 15.9 Å². The number of halogens is 5. The van der Waals surface area contributed by atoms with E-state index in [1.807, 2.05) is 0 Å². The molecule has 0 N–H and O–H groups in total. The molecule has 1 heterocycles. The molecule has 0 bridgehead atoms. The molecule has 0 radical (unpaired) electrons. The first kappa shape index (κ1) is 16.5. The molecule has 2 rings (SSSR count). The Morgan fingerprint density at radius 3 is 2.45 bits per heavy atom. The van der Waals surface area contributed by atoms with Gasteiger partial charge in [0.15, 0.2) is 0 Å². The minimum atomic E-state index is -4.56. The molecule has 1 saturated carbocycles. The fourth-order valence-corrected chi connectivity index (χ4v) is 6.11. The molecule has 1 aromatic rings. The first-order chi connectivity index (χ1) is 9.15. The Hall–Kier alpha value is 0.170. The van der Waals surface area contributed by atoms with E-state index in [4.69, 9.17) is 11.6 Å². The lowest BCUT2D eigenvalue weighted by atomic mass is 10.5. The monoisotopic (exact) mass is 411 g/mol. The highest BCUT2D eigenvalue weighted by Gasteiger charge is 2.45. The summed E-state index contributed by atoms with van der Waals surface area (Å²) in [6, 6.07) is 0.760. The third-order valence-electron chi connectivity index (χ3n) is 2.71. The van der Waals surface area contributed by atoms with Crippen molar-refractivity contribution in [1.29, 1.82) is 0 Å². The zero-order chi connectivity index (χ0) is 15.1. The van der Waals surface area contributed by atoms with Gasteiger partial charge in [-0.2, -0.15) is 17.5 Å². The van der Waals surface area contributed by atoms with Gasteiger partial charge in [-0.15, -0.1) is 22.9 Å². The first-order valence-electron chi connectivity index (χ1n) is 5.58. The summed E-state index contributed by atoms with van der Waals surface area (Å²) >= 11 is 9.81. The molecule has 1 aliphatic rings. The lowest BCUT2D eigenvalue weighted by Gasteiger charge is -2.22. The average molecular weight is 413 g/mol. The van der Waals surface area contributed by atoms with Gasteiger partial charge >= 0.3 is 6.18 Å². The Morgan fingerprint density at radius 1 is 1.45 bits per heavy atom. The van der Waals surface area contributed by atoms with Gasteiger partial charge in [-0.3, -0.25) is 0 Å². The Bertz CT molecular complexity index is 598. The minimum absolute atomic E-state index is 0.113. The van der Waals surface area contributed by atoms with Gasteiger partial charge in [0.2, 0.25) is 10.0 Å². The van der Waals surface area contributed by atoms with Crippen LogP contribution in [0.3, 0.4) is 0 Å². The van der Waals surface area contributed by atoms with Gasteiger partial charge in [0.05, 0.1) is 9.67 Å². The molecule has 0 spiro atoms. The summed E-state index contributed by atoms with van der Waals surface area (Å²) in [5.41, 5.74) is 0. The molecule has 0 saturated heterocycles. The molecule has 0 unspecified atom stereocenters. The van der Waals surface area contributed by atoms with Crippen LogP contribution in [-0.4, -0.2) is 31.5 Å². The maximum Gasteiger partial charge on any atom is 0.402 e. The smallest absolute Gasteiger partial charge is 0.207 e. The molecule has 0 atom stereocenters. The largest absolute Gasteiger partial charge is 0.402 e. The van der Waals surface area contributed by atoms with Crippen LogP contribution < -0.4 is 0 Å². The molecule has 1 aromatic heterocycles. The van der Waals surface area contributed by atoms with Gasteiger partial charge in [0.25, 0.3) is 0 Å². The number of hydrogen-bond acceptors (Lipinski definition) is 3. The van der Waals surface area contributed by atoms with E-state index in [-0.39, 0.29) is 14.6 Å². The van der Waals surface area contributed by atoms with Gasteiger partial charge in [-0.1, -0.05) is 0 Å². The number of rotatable bonds is 5. The van der Waals surface area contributed by atoms with Crippen molar-refractivity contribution in [2.24, 2.45) is 0 Å². The van der Waals surface area contributed by atoms with E-state index in [0.717, 1.165) is 11.3 Å². The maximum atomic E-state index is 12.6. The van der Waals surface area contributed by atoms with Crippen molar-refractivity contribution < 1.29 is 21.6 Å². The number of sulfonamides is 1. The fourth-order valence-electron chi connectivity index (χ4n) is 1.72. The summed E-state index contributed by atoms with van der Waals surface area (Å²) in [4.78, 5) is 0.439. The molecule has 1 aliphatic carbocycles. The van der Waals surface area contributed by atoms with E-state index in [0.29, 0.717) is 22.0 Å². The second-order valence-corrected chi connectivity index (χ2v) is 8.96. The number of nitrogens with zero attached hydrogens (tertiary/aromatic N) is 1. The first-order valence-corrected chi connectivity index (χ1v) is 9.16. The van der Waals surface area contributed by atoms with Crippen LogP contribution in [0.4, 0.5) is 13.2 Å². The molecule has 1 fully saturated rings. The normalized spacial score (nSPS) is 16.9. The number of thiophene rings is 1. The van der Waals surface area contributed by atoms with Crippen molar-refractivity contribution in [3.8, 4) is 0 Å². The van der Waals surface area contributed by atoms with Crippen LogP contribution in [0.1, 0.15) is 17.7 Å². The lowest BCUT2D eigenvalue weighted by molar-refractivity contribution is -0.137. The van der Waals surface area contributed by atoms with Crippen molar-refractivity contribution in [3.63, 3.8) is 0 Å². The Balaban J connectivity index is 2.37. The maximum absolute atomic E-state index is 12.6. The topological polar surface area (TPSA) is 37.4 Å². The average Bonchev–Trinajstić information content (AvgIpc) is 3.07. The van der Waals surface area contributed by atoms with Gasteiger partial charge in [0, 0.05) is 10.9 Å². The molecule has 114 valence electrons. The van der Waals surface area contributed by atoms with Crippen molar-refractivity contribution in [1.82, 2.24) is 4.31 Å². The van der Waals surface area contributed by atoms with E-state index in [1.54, 1.807) is 0 Å². The highest BCUT2D eigenvalue weighted by molar-refractivity contribution is 9.11. The molecule has 0 aliphatic heterocycles. The van der Waals surface area contributed by atoms with Crippen molar-refractivity contribution in [2.45, 2.75) is 35.8 Å². The number of alkyl halides is 4. The minimum Gasteiger partial charge on any atom is -0.207 e. The molecule has 3 nitrogen and oxygen atoms in total. The van der Waals surface area contributed by atoms with E-state index in [9.17, 15) is 21.6 Å². The Morgan fingerprint density at radius 2 is 2.05 bits per heavy atom. The Labute approximate surface area is 131 Å². The van der Waals surface area contributed by atoms with Crippen LogP contribution in [0.25, 0.3) is 0 Å². The summed E-state index contributed by atoms with van der Waals surface area (Å²) in [6.45, 7) is -1.46. The van der Waals surface area contributed by atoms with Crippen LogP contribution in [0, 0.1) is 0 Å². The molecule has 0 amide bonds. The molecule has 10 heteroatoms.